The zero-order valence-electron chi connectivity index (χ0n) is 31.2. The molecule has 0 atom stereocenters. The SMILES string of the molecule is CC(C)(C)OC(=O)NCC1CCC(CNC(=O)c2cc(-c3ccc(CN(CC4c5ccccc5-c5ccccc54)C(=O)O)cc3)nc3ccccc23)CC1. The lowest BCUT2D eigenvalue weighted by Gasteiger charge is -2.29. The Morgan fingerprint density at radius 3 is 1.96 bits per heavy atom. The van der Waals surface area contributed by atoms with Gasteiger partial charge in [-0.1, -0.05) is 91.0 Å². The summed E-state index contributed by atoms with van der Waals surface area (Å²) in [4.78, 5) is 44.7. The number of fused-ring (bicyclic) bond motifs is 4. The average molecular weight is 725 g/mol. The first-order valence-electron chi connectivity index (χ1n) is 18.9. The van der Waals surface area contributed by atoms with E-state index < -0.39 is 11.7 Å². The van der Waals surface area contributed by atoms with Gasteiger partial charge in [0.1, 0.15) is 5.60 Å². The van der Waals surface area contributed by atoms with Gasteiger partial charge in [-0.05, 0) is 98.2 Å². The molecule has 0 bridgehead atoms. The number of carbonyl (C=O) groups is 3. The van der Waals surface area contributed by atoms with Crippen LogP contribution in [0.4, 0.5) is 9.59 Å². The van der Waals surface area contributed by atoms with Crippen LogP contribution in [0.15, 0.2) is 103 Å². The summed E-state index contributed by atoms with van der Waals surface area (Å²) in [7, 11) is 0. The van der Waals surface area contributed by atoms with Crippen molar-refractivity contribution in [1.29, 1.82) is 0 Å². The molecule has 0 saturated heterocycles. The minimum absolute atomic E-state index is 0.0396. The van der Waals surface area contributed by atoms with Gasteiger partial charge >= 0.3 is 12.2 Å². The maximum Gasteiger partial charge on any atom is 0.407 e. The lowest BCUT2D eigenvalue weighted by molar-refractivity contribution is 0.0512. The van der Waals surface area contributed by atoms with Gasteiger partial charge < -0.3 is 25.4 Å². The fourth-order valence-electron chi connectivity index (χ4n) is 7.91. The van der Waals surface area contributed by atoms with Crippen molar-refractivity contribution in [3.63, 3.8) is 0 Å². The summed E-state index contributed by atoms with van der Waals surface area (Å²) < 4.78 is 5.37. The molecule has 9 nitrogen and oxygen atoms in total. The standard InChI is InChI=1S/C45H48N4O5/c1-45(2,3)54-43(51)47-26-30-18-16-29(17-19-30)25-46-42(50)38-24-41(48-40-15-9-8-14-37(38)40)32-22-20-31(21-23-32)27-49(44(52)53)28-39-35-12-6-4-10-33(35)34-11-5-7-13-36(34)39/h4-15,20-24,29-30,39H,16-19,25-28H2,1-3H3,(H,46,50)(H,47,51)(H,52,53). The van der Waals surface area contributed by atoms with E-state index in [1.165, 1.54) is 4.90 Å². The molecule has 9 heteroatoms. The Morgan fingerprint density at radius 2 is 1.35 bits per heavy atom. The van der Waals surface area contributed by atoms with Gasteiger partial charge in [-0.2, -0.15) is 0 Å². The van der Waals surface area contributed by atoms with Gasteiger partial charge in [0.15, 0.2) is 0 Å². The van der Waals surface area contributed by atoms with Gasteiger partial charge in [-0.25, -0.2) is 14.6 Å². The molecule has 54 heavy (non-hydrogen) atoms. The Kier molecular flexibility index (Phi) is 10.7. The summed E-state index contributed by atoms with van der Waals surface area (Å²) in [6.07, 6.45) is 2.60. The number of hydrogen-bond acceptors (Lipinski definition) is 5. The second-order valence-corrected chi connectivity index (χ2v) is 15.6. The van der Waals surface area contributed by atoms with Crippen molar-refractivity contribution in [3.8, 4) is 22.4 Å². The maximum atomic E-state index is 13.7. The summed E-state index contributed by atoms with van der Waals surface area (Å²) in [6.45, 7) is 7.35. The van der Waals surface area contributed by atoms with Gasteiger partial charge in [0.2, 0.25) is 0 Å². The van der Waals surface area contributed by atoms with Crippen LogP contribution in [0.25, 0.3) is 33.3 Å². The minimum Gasteiger partial charge on any atom is -0.465 e. The number of alkyl carbamates (subject to hydrolysis) is 1. The molecule has 7 rings (SSSR count). The molecule has 5 aromatic rings. The predicted octanol–water partition coefficient (Wildman–Crippen LogP) is 9.26. The van der Waals surface area contributed by atoms with E-state index in [0.717, 1.165) is 70.0 Å². The molecule has 2 aliphatic carbocycles. The number of nitrogens with zero attached hydrogens (tertiary/aromatic N) is 2. The number of rotatable bonds is 10. The highest BCUT2D eigenvalue weighted by Gasteiger charge is 2.31. The largest absolute Gasteiger partial charge is 0.465 e. The number of hydrogen-bond donors (Lipinski definition) is 3. The monoisotopic (exact) mass is 724 g/mol. The molecule has 1 aromatic heterocycles. The number of pyridine rings is 1. The van der Waals surface area contributed by atoms with Gasteiger partial charge in [-0.3, -0.25) is 4.79 Å². The summed E-state index contributed by atoms with van der Waals surface area (Å²) in [5.74, 6) is 0.599. The Balaban J connectivity index is 0.997. The molecule has 0 aliphatic heterocycles. The van der Waals surface area contributed by atoms with Gasteiger partial charge in [0.05, 0.1) is 16.8 Å². The number of aromatic nitrogens is 1. The zero-order chi connectivity index (χ0) is 37.8. The molecule has 1 saturated carbocycles. The summed E-state index contributed by atoms with van der Waals surface area (Å²) in [6, 6.07) is 33.8. The Labute approximate surface area is 316 Å². The third kappa shape index (κ3) is 8.41. The number of para-hydroxylation sites is 1. The van der Waals surface area contributed by atoms with Crippen molar-refractivity contribution in [2.24, 2.45) is 11.8 Å². The first-order chi connectivity index (χ1) is 26.0. The highest BCUT2D eigenvalue weighted by atomic mass is 16.6. The summed E-state index contributed by atoms with van der Waals surface area (Å²) in [5, 5.41) is 17.2. The molecule has 1 fully saturated rings. The van der Waals surface area contributed by atoms with E-state index in [-0.39, 0.29) is 24.5 Å². The molecule has 0 spiro atoms. The molecular formula is C45H48N4O5. The third-order valence-electron chi connectivity index (χ3n) is 10.7. The number of carbonyl (C=O) groups excluding carboxylic acids is 2. The minimum atomic E-state index is -0.962. The van der Waals surface area contributed by atoms with Crippen LogP contribution in [0.1, 0.15) is 79.4 Å². The highest BCUT2D eigenvalue weighted by Crippen LogP contribution is 2.45. The van der Waals surface area contributed by atoms with E-state index in [2.05, 4.69) is 34.9 Å². The Hall–Kier alpha value is -5.70. The molecule has 0 unspecified atom stereocenters. The van der Waals surface area contributed by atoms with Crippen molar-refractivity contribution < 1.29 is 24.2 Å². The molecule has 1 heterocycles. The Bertz CT molecular complexity index is 2100. The number of nitrogens with one attached hydrogen (secondary N) is 2. The quantitative estimate of drug-likeness (QED) is 0.132. The number of carboxylic acid groups (broad SMARTS) is 1. The normalized spacial score (nSPS) is 16.6. The second kappa shape index (κ2) is 15.7. The van der Waals surface area contributed by atoms with E-state index >= 15 is 0 Å². The fraction of sp³-hybridized carbons (Fsp3) is 0.333. The first-order valence-corrected chi connectivity index (χ1v) is 18.9. The second-order valence-electron chi connectivity index (χ2n) is 15.6. The molecular weight excluding hydrogens is 677 g/mol. The van der Waals surface area contributed by atoms with Crippen LogP contribution in [0.3, 0.4) is 0 Å². The molecule has 278 valence electrons. The van der Waals surface area contributed by atoms with E-state index in [1.54, 1.807) is 0 Å². The van der Waals surface area contributed by atoms with E-state index in [9.17, 15) is 19.5 Å². The van der Waals surface area contributed by atoms with E-state index in [1.807, 2.05) is 99.6 Å². The van der Waals surface area contributed by atoms with Crippen LogP contribution < -0.4 is 10.6 Å². The highest BCUT2D eigenvalue weighted by molar-refractivity contribution is 6.07. The molecule has 3 amide bonds. The molecule has 4 aromatic carbocycles. The summed E-state index contributed by atoms with van der Waals surface area (Å²) in [5.41, 5.74) is 7.81. The lowest BCUT2D eigenvalue weighted by atomic mass is 9.82. The lowest BCUT2D eigenvalue weighted by Crippen LogP contribution is -2.37. The van der Waals surface area contributed by atoms with Crippen molar-refractivity contribution in [2.75, 3.05) is 19.6 Å². The summed E-state index contributed by atoms with van der Waals surface area (Å²) >= 11 is 0. The van der Waals surface area contributed by atoms with Crippen LogP contribution in [-0.2, 0) is 11.3 Å². The number of ether oxygens (including phenoxy) is 1. The zero-order valence-corrected chi connectivity index (χ0v) is 31.2. The smallest absolute Gasteiger partial charge is 0.407 e. The number of amides is 3. The topological polar surface area (TPSA) is 121 Å². The van der Waals surface area contributed by atoms with Crippen LogP contribution in [0.5, 0.6) is 0 Å². The van der Waals surface area contributed by atoms with Crippen molar-refractivity contribution >= 4 is 29.0 Å². The van der Waals surface area contributed by atoms with Gasteiger partial charge in [-0.15, -0.1) is 0 Å². The van der Waals surface area contributed by atoms with Crippen LogP contribution in [0.2, 0.25) is 0 Å². The van der Waals surface area contributed by atoms with E-state index in [0.29, 0.717) is 42.7 Å². The predicted molar refractivity (Wildman–Crippen MR) is 211 cm³/mol. The van der Waals surface area contributed by atoms with Crippen LogP contribution >= 0.6 is 0 Å². The van der Waals surface area contributed by atoms with Crippen molar-refractivity contribution in [2.45, 2.75) is 64.5 Å². The maximum absolute atomic E-state index is 13.7. The van der Waals surface area contributed by atoms with Crippen LogP contribution in [0, 0.1) is 11.8 Å². The van der Waals surface area contributed by atoms with Gasteiger partial charge in [0.25, 0.3) is 5.91 Å². The Morgan fingerprint density at radius 1 is 0.778 bits per heavy atom. The third-order valence-corrected chi connectivity index (χ3v) is 10.7. The van der Waals surface area contributed by atoms with E-state index in [4.69, 9.17) is 9.72 Å². The van der Waals surface area contributed by atoms with Crippen molar-refractivity contribution in [1.82, 2.24) is 20.5 Å². The van der Waals surface area contributed by atoms with Crippen molar-refractivity contribution in [3.05, 3.63) is 125 Å². The van der Waals surface area contributed by atoms with Crippen LogP contribution in [-0.4, -0.2) is 58.3 Å². The fourth-order valence-corrected chi connectivity index (χ4v) is 7.91. The number of benzene rings is 4. The molecule has 3 N–H and O–H groups in total. The average Bonchev–Trinajstić information content (AvgIpc) is 3.48. The molecule has 2 aliphatic rings. The first kappa shape index (κ1) is 36.6. The molecule has 0 radical (unpaired) electrons. The van der Waals surface area contributed by atoms with Gasteiger partial charge in [0, 0.05) is 43.0 Å².